The summed E-state index contributed by atoms with van der Waals surface area (Å²) < 4.78 is 0. The Bertz CT molecular complexity index is 182. The van der Waals surface area contributed by atoms with Crippen molar-refractivity contribution in [3.05, 3.63) is 23.8 Å². The highest BCUT2D eigenvalue weighted by Gasteiger charge is 2.23. The summed E-state index contributed by atoms with van der Waals surface area (Å²) in [5.74, 6) is 0.677. The van der Waals surface area contributed by atoms with Crippen LogP contribution in [0.3, 0.4) is 0 Å². The molecule has 0 aromatic rings. The van der Waals surface area contributed by atoms with Crippen molar-refractivity contribution in [1.82, 2.24) is 0 Å². The van der Waals surface area contributed by atoms with Gasteiger partial charge in [-0.25, -0.2) is 0 Å². The first-order valence-corrected chi connectivity index (χ1v) is 3.90. The lowest BCUT2D eigenvalue weighted by atomic mass is 9.76. The minimum Gasteiger partial charge on any atom is -0.0806 e. The Morgan fingerprint density at radius 1 is 1.40 bits per heavy atom. The molecule has 1 aliphatic carbocycles. The molecule has 0 nitrogen and oxygen atoms in total. The van der Waals surface area contributed by atoms with Crippen LogP contribution in [-0.2, 0) is 0 Å². The van der Waals surface area contributed by atoms with E-state index in [0.717, 1.165) is 0 Å². The fraction of sp³-hybridized carbons (Fsp3) is 0.600. The fourth-order valence-electron chi connectivity index (χ4n) is 1.31. The molecule has 0 bridgehead atoms. The van der Waals surface area contributed by atoms with Crippen LogP contribution in [-0.4, -0.2) is 0 Å². The second-order valence-corrected chi connectivity index (χ2v) is 3.86. The Balaban J connectivity index is 2.88. The Morgan fingerprint density at radius 2 is 2.00 bits per heavy atom. The fourth-order valence-corrected chi connectivity index (χ4v) is 1.31. The lowest BCUT2D eigenvalue weighted by Crippen LogP contribution is -2.19. The van der Waals surface area contributed by atoms with Crippen molar-refractivity contribution in [3.8, 4) is 0 Å². The van der Waals surface area contributed by atoms with E-state index in [4.69, 9.17) is 0 Å². The van der Waals surface area contributed by atoms with Gasteiger partial charge in [0, 0.05) is 0 Å². The highest BCUT2D eigenvalue weighted by atomic mass is 14.3. The summed E-state index contributed by atoms with van der Waals surface area (Å²) in [5, 5.41) is 0. The molecule has 1 aliphatic rings. The van der Waals surface area contributed by atoms with E-state index < -0.39 is 0 Å². The first kappa shape index (κ1) is 7.59. The zero-order chi connectivity index (χ0) is 7.78. The largest absolute Gasteiger partial charge is 0.0806 e. The lowest BCUT2D eigenvalue weighted by Gasteiger charge is -2.29. The van der Waals surface area contributed by atoms with E-state index in [1.54, 1.807) is 0 Å². The van der Waals surface area contributed by atoms with Crippen LogP contribution in [0.4, 0.5) is 0 Å². The van der Waals surface area contributed by atoms with E-state index >= 15 is 0 Å². The average molecular weight is 136 g/mol. The first-order chi connectivity index (χ1) is 4.52. The molecule has 0 heterocycles. The van der Waals surface area contributed by atoms with Gasteiger partial charge in [-0.2, -0.15) is 0 Å². The van der Waals surface area contributed by atoms with Gasteiger partial charge < -0.3 is 0 Å². The first-order valence-electron chi connectivity index (χ1n) is 3.90. The van der Waals surface area contributed by atoms with Gasteiger partial charge in [0.1, 0.15) is 0 Å². The highest BCUT2D eigenvalue weighted by molar-refractivity contribution is 5.25. The molecule has 0 amide bonds. The Labute approximate surface area is 63.6 Å². The van der Waals surface area contributed by atoms with E-state index in [-0.39, 0.29) is 0 Å². The van der Waals surface area contributed by atoms with Crippen molar-refractivity contribution in [2.24, 2.45) is 11.3 Å². The molecule has 0 aliphatic heterocycles. The van der Waals surface area contributed by atoms with Crippen molar-refractivity contribution >= 4 is 0 Å². The van der Waals surface area contributed by atoms with Crippen molar-refractivity contribution in [3.63, 3.8) is 0 Å². The molecule has 0 aromatic carbocycles. The maximum atomic E-state index is 2.34. The van der Waals surface area contributed by atoms with E-state index in [9.17, 15) is 0 Å². The predicted octanol–water partition coefficient (Wildman–Crippen LogP) is 3.16. The summed E-state index contributed by atoms with van der Waals surface area (Å²) in [6, 6.07) is 0. The molecular formula is C10H16. The maximum absolute atomic E-state index is 2.34. The predicted molar refractivity (Wildman–Crippen MR) is 45.8 cm³/mol. The molecule has 0 heteroatoms. The van der Waals surface area contributed by atoms with Crippen LogP contribution in [0.1, 0.15) is 27.7 Å². The summed E-state index contributed by atoms with van der Waals surface area (Å²) in [6.07, 6.45) is 6.84. The van der Waals surface area contributed by atoms with E-state index in [1.165, 1.54) is 5.57 Å². The van der Waals surface area contributed by atoms with Crippen molar-refractivity contribution in [1.29, 1.82) is 0 Å². The number of hydrogen-bond acceptors (Lipinski definition) is 0. The Kier molecular flexibility index (Phi) is 1.72. The molecule has 0 radical (unpaired) electrons. The summed E-state index contributed by atoms with van der Waals surface area (Å²) >= 11 is 0. The van der Waals surface area contributed by atoms with Crippen LogP contribution in [0.2, 0.25) is 0 Å². The summed E-state index contributed by atoms with van der Waals surface area (Å²) in [6.45, 7) is 8.99. The molecular weight excluding hydrogens is 120 g/mol. The second-order valence-electron chi connectivity index (χ2n) is 3.86. The number of allylic oxidation sites excluding steroid dienone is 4. The molecule has 0 aromatic heterocycles. The van der Waals surface area contributed by atoms with E-state index in [1.807, 2.05) is 0 Å². The van der Waals surface area contributed by atoms with Crippen LogP contribution in [0.25, 0.3) is 0 Å². The van der Waals surface area contributed by atoms with E-state index in [0.29, 0.717) is 11.3 Å². The quantitative estimate of drug-likeness (QED) is 0.480. The summed E-state index contributed by atoms with van der Waals surface area (Å²) in [4.78, 5) is 0. The number of rotatable bonds is 0. The molecule has 56 valence electrons. The van der Waals surface area contributed by atoms with Gasteiger partial charge >= 0.3 is 0 Å². The van der Waals surface area contributed by atoms with Gasteiger partial charge in [0.2, 0.25) is 0 Å². The van der Waals surface area contributed by atoms with Gasteiger partial charge in [0.15, 0.2) is 0 Å². The van der Waals surface area contributed by atoms with Crippen LogP contribution in [0.15, 0.2) is 23.8 Å². The minimum absolute atomic E-state index is 0.360. The summed E-state index contributed by atoms with van der Waals surface area (Å²) in [5.41, 5.74) is 1.75. The number of hydrogen-bond donors (Lipinski definition) is 0. The SMILES string of the molecule is CC1=CC(C)(C)C(C)C=C1. The van der Waals surface area contributed by atoms with Crippen LogP contribution in [0.5, 0.6) is 0 Å². The topological polar surface area (TPSA) is 0 Å². The molecule has 0 fully saturated rings. The third-order valence-electron chi connectivity index (χ3n) is 2.42. The molecule has 1 atom stereocenters. The van der Waals surface area contributed by atoms with Gasteiger partial charge in [0.05, 0.1) is 0 Å². The molecule has 1 rings (SSSR count). The zero-order valence-electron chi connectivity index (χ0n) is 7.31. The Morgan fingerprint density at radius 3 is 2.40 bits per heavy atom. The zero-order valence-corrected chi connectivity index (χ0v) is 7.31. The summed E-state index contributed by atoms with van der Waals surface area (Å²) in [7, 11) is 0. The minimum atomic E-state index is 0.360. The smallest absolute Gasteiger partial charge is 0.0109 e. The second kappa shape index (κ2) is 2.26. The molecule has 0 spiro atoms. The molecule has 10 heavy (non-hydrogen) atoms. The normalized spacial score (nSPS) is 30.0. The van der Waals surface area contributed by atoms with Gasteiger partial charge in [-0.3, -0.25) is 0 Å². The molecule has 1 unspecified atom stereocenters. The van der Waals surface area contributed by atoms with Crippen LogP contribution in [0, 0.1) is 11.3 Å². The van der Waals surface area contributed by atoms with Gasteiger partial charge in [0.25, 0.3) is 0 Å². The third kappa shape index (κ3) is 1.31. The van der Waals surface area contributed by atoms with Crippen molar-refractivity contribution < 1.29 is 0 Å². The average Bonchev–Trinajstić information content (AvgIpc) is 1.78. The molecule has 0 saturated heterocycles. The maximum Gasteiger partial charge on any atom is -0.0109 e. The standard InChI is InChI=1S/C10H16/c1-8-5-6-9(2)10(3,4)7-8/h5-7,9H,1-4H3. The lowest BCUT2D eigenvalue weighted by molar-refractivity contribution is 0.361. The molecule has 0 N–H and O–H groups in total. The molecule has 0 saturated carbocycles. The third-order valence-corrected chi connectivity index (χ3v) is 2.42. The van der Waals surface area contributed by atoms with Crippen LogP contribution < -0.4 is 0 Å². The van der Waals surface area contributed by atoms with Crippen LogP contribution >= 0.6 is 0 Å². The highest BCUT2D eigenvalue weighted by Crippen LogP contribution is 2.33. The van der Waals surface area contributed by atoms with Crippen molar-refractivity contribution in [2.75, 3.05) is 0 Å². The Hall–Kier alpha value is -0.520. The van der Waals surface area contributed by atoms with E-state index in [2.05, 4.69) is 45.9 Å². The monoisotopic (exact) mass is 136 g/mol. The van der Waals surface area contributed by atoms with Gasteiger partial charge in [-0.15, -0.1) is 0 Å². The van der Waals surface area contributed by atoms with Crippen molar-refractivity contribution in [2.45, 2.75) is 27.7 Å². The van der Waals surface area contributed by atoms with Gasteiger partial charge in [-0.1, -0.05) is 44.6 Å². The van der Waals surface area contributed by atoms with Gasteiger partial charge in [-0.05, 0) is 18.3 Å².